The Labute approximate surface area is 150 Å². The largest absolute Gasteiger partial charge is 0.326 e. The van der Waals surface area contributed by atoms with Gasteiger partial charge in [-0.25, -0.2) is 8.78 Å². The van der Waals surface area contributed by atoms with Crippen LogP contribution >= 0.6 is 11.6 Å². The van der Waals surface area contributed by atoms with E-state index in [1.165, 1.54) is 18.2 Å². The van der Waals surface area contributed by atoms with Crippen molar-refractivity contribution >= 4 is 23.2 Å². The monoisotopic (exact) mass is 364 g/mol. The fourth-order valence-corrected chi connectivity index (χ4v) is 3.35. The van der Waals surface area contributed by atoms with E-state index in [0.717, 1.165) is 19.4 Å². The first-order valence-corrected chi connectivity index (χ1v) is 8.62. The van der Waals surface area contributed by atoms with Gasteiger partial charge in [0.15, 0.2) is 0 Å². The molecule has 2 aromatic carbocycles. The normalized spacial score (nSPS) is 18.1. The molecule has 1 aliphatic heterocycles. The van der Waals surface area contributed by atoms with Crippen LogP contribution in [0.25, 0.3) is 0 Å². The second kappa shape index (κ2) is 7.93. The highest BCUT2D eigenvalue weighted by molar-refractivity contribution is 6.31. The lowest BCUT2D eigenvalue weighted by Gasteiger charge is -2.32. The quantitative estimate of drug-likeness (QED) is 0.868. The van der Waals surface area contributed by atoms with Crippen molar-refractivity contribution in [3.63, 3.8) is 0 Å². The van der Waals surface area contributed by atoms with E-state index in [2.05, 4.69) is 5.32 Å². The van der Waals surface area contributed by atoms with Crippen LogP contribution in [-0.2, 0) is 11.3 Å². The lowest BCUT2D eigenvalue weighted by Crippen LogP contribution is -2.40. The van der Waals surface area contributed by atoms with Gasteiger partial charge in [-0.3, -0.25) is 9.69 Å². The van der Waals surface area contributed by atoms with Crippen LogP contribution in [0.2, 0.25) is 5.02 Å². The Morgan fingerprint density at radius 2 is 2.04 bits per heavy atom. The minimum absolute atomic E-state index is 0.144. The van der Waals surface area contributed by atoms with Gasteiger partial charge in [0.1, 0.15) is 11.6 Å². The predicted molar refractivity (Wildman–Crippen MR) is 94.4 cm³/mol. The van der Waals surface area contributed by atoms with Gasteiger partial charge in [0.05, 0.1) is 5.92 Å². The van der Waals surface area contributed by atoms with Crippen LogP contribution in [0.1, 0.15) is 18.4 Å². The van der Waals surface area contributed by atoms with Crippen molar-refractivity contribution in [3.8, 4) is 0 Å². The summed E-state index contributed by atoms with van der Waals surface area (Å²) in [7, 11) is 0. The number of rotatable bonds is 4. The molecule has 2 aromatic rings. The number of halogens is 3. The summed E-state index contributed by atoms with van der Waals surface area (Å²) >= 11 is 6.09. The molecule has 0 aromatic heterocycles. The molecule has 0 spiro atoms. The lowest BCUT2D eigenvalue weighted by molar-refractivity contribution is -0.121. The van der Waals surface area contributed by atoms with Crippen molar-refractivity contribution in [1.82, 2.24) is 4.90 Å². The van der Waals surface area contributed by atoms with Crippen LogP contribution in [0.3, 0.4) is 0 Å². The SMILES string of the molecule is O=C(Nc1cccc(F)c1)C1CCCN(Cc2c(F)cccc2Cl)C1. The third-order valence-electron chi connectivity index (χ3n) is 4.41. The summed E-state index contributed by atoms with van der Waals surface area (Å²) < 4.78 is 27.2. The highest BCUT2D eigenvalue weighted by Crippen LogP contribution is 2.25. The number of piperidine rings is 1. The molecule has 1 saturated heterocycles. The van der Waals surface area contributed by atoms with E-state index in [1.54, 1.807) is 24.3 Å². The number of amides is 1. The third kappa shape index (κ3) is 4.55. The van der Waals surface area contributed by atoms with E-state index < -0.39 is 5.82 Å². The van der Waals surface area contributed by atoms with Crippen LogP contribution in [-0.4, -0.2) is 23.9 Å². The lowest BCUT2D eigenvalue weighted by atomic mass is 9.96. The first-order chi connectivity index (χ1) is 12.0. The van der Waals surface area contributed by atoms with E-state index >= 15 is 0 Å². The molecule has 1 aliphatic rings. The highest BCUT2D eigenvalue weighted by Gasteiger charge is 2.26. The van der Waals surface area contributed by atoms with Crippen molar-refractivity contribution in [3.05, 3.63) is 64.7 Å². The van der Waals surface area contributed by atoms with Gasteiger partial charge in [0, 0.05) is 29.4 Å². The standard InChI is InChI=1S/C19H19ClF2N2O/c20-17-7-2-8-18(22)16(17)12-24-9-3-4-13(11-24)19(25)23-15-6-1-5-14(21)10-15/h1-2,5-8,10,13H,3-4,9,11-12H2,(H,23,25). The van der Waals surface area contributed by atoms with Crippen LogP contribution < -0.4 is 5.32 Å². The molecule has 1 unspecified atom stereocenters. The van der Waals surface area contributed by atoms with Gasteiger partial charge < -0.3 is 5.32 Å². The number of likely N-dealkylation sites (tertiary alicyclic amines) is 1. The molecule has 132 valence electrons. The van der Waals surface area contributed by atoms with Gasteiger partial charge in [0.25, 0.3) is 0 Å². The molecule has 1 fully saturated rings. The van der Waals surface area contributed by atoms with Gasteiger partial charge in [-0.1, -0.05) is 23.7 Å². The van der Waals surface area contributed by atoms with Crippen molar-refractivity contribution in [2.75, 3.05) is 18.4 Å². The molecule has 0 aliphatic carbocycles. The second-order valence-electron chi connectivity index (χ2n) is 6.27. The summed E-state index contributed by atoms with van der Waals surface area (Å²) in [5, 5.41) is 3.15. The van der Waals surface area contributed by atoms with Gasteiger partial charge >= 0.3 is 0 Å². The molecule has 0 saturated carbocycles. The summed E-state index contributed by atoms with van der Waals surface area (Å²) in [4.78, 5) is 14.5. The molecular weight excluding hydrogens is 346 g/mol. The van der Waals surface area contributed by atoms with E-state index in [1.807, 2.05) is 4.90 Å². The average Bonchev–Trinajstić information content (AvgIpc) is 2.58. The zero-order valence-corrected chi connectivity index (χ0v) is 14.4. The van der Waals surface area contributed by atoms with Gasteiger partial charge in [-0.15, -0.1) is 0 Å². The van der Waals surface area contributed by atoms with Gasteiger partial charge in [0.2, 0.25) is 5.91 Å². The van der Waals surface area contributed by atoms with Crippen LogP contribution in [0, 0.1) is 17.6 Å². The molecule has 25 heavy (non-hydrogen) atoms. The predicted octanol–water partition coefficient (Wildman–Crippen LogP) is 4.47. The fraction of sp³-hybridized carbons (Fsp3) is 0.316. The van der Waals surface area contributed by atoms with Crippen LogP contribution in [0.15, 0.2) is 42.5 Å². The Bertz CT molecular complexity index is 749. The molecule has 3 nitrogen and oxygen atoms in total. The van der Waals surface area contributed by atoms with Crippen LogP contribution in [0.4, 0.5) is 14.5 Å². The minimum atomic E-state index is -0.391. The first-order valence-electron chi connectivity index (χ1n) is 8.24. The zero-order valence-electron chi connectivity index (χ0n) is 13.6. The summed E-state index contributed by atoms with van der Waals surface area (Å²) in [6.45, 7) is 1.68. The molecule has 1 atom stereocenters. The summed E-state index contributed by atoms with van der Waals surface area (Å²) in [5.41, 5.74) is 0.898. The molecule has 1 N–H and O–H groups in total. The number of hydrogen-bond acceptors (Lipinski definition) is 2. The summed E-state index contributed by atoms with van der Waals surface area (Å²) in [6, 6.07) is 10.5. The fourth-order valence-electron chi connectivity index (χ4n) is 3.13. The van der Waals surface area contributed by atoms with Crippen LogP contribution in [0.5, 0.6) is 0 Å². The Morgan fingerprint density at radius 3 is 2.80 bits per heavy atom. The Balaban J connectivity index is 1.63. The Kier molecular flexibility index (Phi) is 5.66. The third-order valence-corrected chi connectivity index (χ3v) is 4.77. The summed E-state index contributed by atoms with van der Waals surface area (Å²) in [5.74, 6) is -1.09. The number of hydrogen-bond donors (Lipinski definition) is 1. The number of benzene rings is 2. The first kappa shape index (κ1) is 17.8. The molecule has 0 bridgehead atoms. The minimum Gasteiger partial charge on any atom is -0.326 e. The van der Waals surface area contributed by atoms with Crippen molar-refractivity contribution in [1.29, 1.82) is 0 Å². The number of nitrogens with one attached hydrogen (secondary N) is 1. The second-order valence-corrected chi connectivity index (χ2v) is 6.68. The van der Waals surface area contributed by atoms with Crippen molar-refractivity contribution in [2.45, 2.75) is 19.4 Å². The smallest absolute Gasteiger partial charge is 0.228 e. The Morgan fingerprint density at radius 1 is 1.24 bits per heavy atom. The maximum Gasteiger partial charge on any atom is 0.228 e. The number of carbonyl (C=O) groups is 1. The van der Waals surface area contributed by atoms with Gasteiger partial charge in [-0.05, 0) is 49.7 Å². The molecular formula is C19H19ClF2N2O. The maximum absolute atomic E-state index is 14.0. The van der Waals surface area contributed by atoms with E-state index in [0.29, 0.717) is 29.4 Å². The maximum atomic E-state index is 14.0. The molecule has 3 rings (SSSR count). The molecule has 6 heteroatoms. The Hall–Kier alpha value is -1.98. The van der Waals surface area contributed by atoms with E-state index in [9.17, 15) is 13.6 Å². The van der Waals surface area contributed by atoms with Crippen molar-refractivity contribution in [2.24, 2.45) is 5.92 Å². The van der Waals surface area contributed by atoms with E-state index in [4.69, 9.17) is 11.6 Å². The zero-order chi connectivity index (χ0) is 17.8. The molecule has 1 amide bonds. The van der Waals surface area contributed by atoms with Gasteiger partial charge in [-0.2, -0.15) is 0 Å². The van der Waals surface area contributed by atoms with E-state index in [-0.39, 0.29) is 17.6 Å². The average molecular weight is 365 g/mol. The number of anilines is 1. The molecule has 1 heterocycles. The number of nitrogens with zero attached hydrogens (tertiary/aromatic N) is 1. The summed E-state index contributed by atoms with van der Waals surface area (Å²) in [6.07, 6.45) is 1.59. The van der Waals surface area contributed by atoms with Crippen molar-refractivity contribution < 1.29 is 13.6 Å². The topological polar surface area (TPSA) is 32.3 Å². The highest BCUT2D eigenvalue weighted by atomic mass is 35.5. The molecule has 0 radical (unpaired) electrons. The number of carbonyl (C=O) groups excluding carboxylic acids is 1.